The first kappa shape index (κ1) is 8.78. The van der Waals surface area contributed by atoms with Gasteiger partial charge < -0.3 is 0 Å². The average Bonchev–Trinajstić information content (AvgIpc) is 2.11. The number of carbonyl (C=O) groups excluding carboxylic acids is 1. The van der Waals surface area contributed by atoms with E-state index in [4.69, 9.17) is 0 Å². The Kier molecular flexibility index (Phi) is 5.76. The number of thiazole rings is 1. The molecule has 9 heavy (non-hydrogen) atoms. The molecule has 0 aliphatic heterocycles. The molecule has 0 saturated heterocycles. The minimum absolute atomic E-state index is 0.0208. The van der Waals surface area contributed by atoms with Crippen LogP contribution in [0, 0.1) is 0 Å². The Balaban J connectivity index is 0.000000148. The van der Waals surface area contributed by atoms with E-state index in [0.29, 0.717) is 0 Å². The Morgan fingerprint density at radius 2 is 2.33 bits per heavy atom. The first-order valence-corrected chi connectivity index (χ1v) is 3.95. The molecule has 0 fully saturated rings. The van der Waals surface area contributed by atoms with Crippen molar-refractivity contribution in [2.45, 2.75) is 6.92 Å². The summed E-state index contributed by atoms with van der Waals surface area (Å²) in [6, 6.07) is 0. The van der Waals surface area contributed by atoms with E-state index in [2.05, 4.69) is 20.9 Å². The normalized spacial score (nSPS) is 7.33. The molecule has 0 aromatic carbocycles. The van der Waals surface area contributed by atoms with Gasteiger partial charge >= 0.3 is 0 Å². The Bertz CT molecular complexity index is 131. The van der Waals surface area contributed by atoms with Crippen LogP contribution in [0.4, 0.5) is 0 Å². The van der Waals surface area contributed by atoms with Gasteiger partial charge in [-0.25, -0.2) is 0 Å². The molecular weight excluding hydrogens is 202 g/mol. The third-order valence-electron chi connectivity index (χ3n) is 0.347. The second-order valence-electron chi connectivity index (χ2n) is 1.15. The van der Waals surface area contributed by atoms with Crippen LogP contribution in [0.3, 0.4) is 0 Å². The lowest BCUT2D eigenvalue weighted by molar-refractivity contribution is -0.108. The Morgan fingerprint density at radius 1 is 1.78 bits per heavy atom. The van der Waals surface area contributed by atoms with E-state index in [9.17, 15) is 4.79 Å². The predicted octanol–water partition coefficient (Wildman–Crippen LogP) is 2.07. The van der Waals surface area contributed by atoms with Crippen molar-refractivity contribution < 1.29 is 4.79 Å². The van der Waals surface area contributed by atoms with Gasteiger partial charge in [0.05, 0.1) is 5.51 Å². The number of rotatable bonds is 0. The highest BCUT2D eigenvalue weighted by Crippen LogP contribution is 1.85. The van der Waals surface area contributed by atoms with Crippen molar-refractivity contribution in [3.8, 4) is 0 Å². The van der Waals surface area contributed by atoms with Gasteiger partial charge in [-0.05, 0) is 15.9 Å². The summed E-state index contributed by atoms with van der Waals surface area (Å²) >= 11 is 4.23. The number of halogens is 1. The van der Waals surface area contributed by atoms with Crippen LogP contribution in [0.1, 0.15) is 6.92 Å². The molecule has 4 heteroatoms. The van der Waals surface area contributed by atoms with Gasteiger partial charge in [0, 0.05) is 18.5 Å². The van der Waals surface area contributed by atoms with E-state index < -0.39 is 0 Å². The molecule has 1 aromatic rings. The van der Waals surface area contributed by atoms with Crippen LogP contribution in [-0.2, 0) is 4.79 Å². The highest BCUT2D eigenvalue weighted by molar-refractivity contribution is 9.18. The van der Waals surface area contributed by atoms with Gasteiger partial charge in [-0.3, -0.25) is 9.78 Å². The predicted molar refractivity (Wildman–Crippen MR) is 41.7 cm³/mol. The van der Waals surface area contributed by atoms with Crippen LogP contribution < -0.4 is 0 Å². The highest BCUT2D eigenvalue weighted by atomic mass is 79.9. The third kappa shape index (κ3) is 11.4. The molecule has 50 valence electrons. The maximum absolute atomic E-state index is 9.36. The molecule has 0 amide bonds. The van der Waals surface area contributed by atoms with Gasteiger partial charge in [0.15, 0.2) is 4.69 Å². The summed E-state index contributed by atoms with van der Waals surface area (Å²) in [6.07, 6.45) is 1.77. The maximum atomic E-state index is 9.36. The molecule has 0 saturated carbocycles. The quantitative estimate of drug-likeness (QED) is 0.611. The minimum atomic E-state index is -0.0208. The summed E-state index contributed by atoms with van der Waals surface area (Å²) in [5.41, 5.74) is 1.79. The van der Waals surface area contributed by atoms with Gasteiger partial charge in [0.1, 0.15) is 0 Å². The fraction of sp³-hybridized carbons (Fsp3) is 0.200. The van der Waals surface area contributed by atoms with Gasteiger partial charge in [-0.15, -0.1) is 11.3 Å². The monoisotopic (exact) mass is 207 g/mol. The summed E-state index contributed by atoms with van der Waals surface area (Å²) in [4.78, 5) is 13.1. The van der Waals surface area contributed by atoms with Crippen molar-refractivity contribution in [1.29, 1.82) is 0 Å². The van der Waals surface area contributed by atoms with Crippen molar-refractivity contribution in [2.75, 3.05) is 0 Å². The number of hydrogen-bond acceptors (Lipinski definition) is 3. The van der Waals surface area contributed by atoms with Crippen LogP contribution >= 0.6 is 27.3 Å². The molecule has 1 heterocycles. The fourth-order valence-electron chi connectivity index (χ4n) is 0.176. The maximum Gasteiger partial charge on any atom is 0.194 e. The van der Waals surface area contributed by atoms with E-state index >= 15 is 0 Å². The van der Waals surface area contributed by atoms with Gasteiger partial charge in [0.25, 0.3) is 0 Å². The largest absolute Gasteiger partial charge is 0.287 e. The van der Waals surface area contributed by atoms with Crippen LogP contribution in [0.2, 0.25) is 0 Å². The summed E-state index contributed by atoms with van der Waals surface area (Å²) in [5, 5.41) is 1.93. The lowest BCUT2D eigenvalue weighted by Gasteiger charge is -1.52. The zero-order chi connectivity index (χ0) is 7.11. The molecule has 0 radical (unpaired) electrons. The summed E-state index contributed by atoms with van der Waals surface area (Å²) in [5.74, 6) is 0. The molecular formula is C5H6BrNOS. The minimum Gasteiger partial charge on any atom is -0.287 e. The number of aromatic nitrogens is 1. The smallest absolute Gasteiger partial charge is 0.194 e. The molecule has 2 nitrogen and oxygen atoms in total. The Hall–Kier alpha value is -0.220. The van der Waals surface area contributed by atoms with Crippen molar-refractivity contribution in [1.82, 2.24) is 4.98 Å². The molecule has 0 unspecified atom stereocenters. The molecule has 0 aliphatic carbocycles. The second kappa shape index (κ2) is 5.91. The van der Waals surface area contributed by atoms with E-state index in [0.717, 1.165) is 0 Å². The van der Waals surface area contributed by atoms with E-state index in [1.165, 1.54) is 6.92 Å². The zero-order valence-electron chi connectivity index (χ0n) is 4.87. The molecule has 0 bridgehead atoms. The van der Waals surface area contributed by atoms with E-state index in [-0.39, 0.29) is 4.69 Å². The van der Waals surface area contributed by atoms with Crippen LogP contribution in [0.25, 0.3) is 0 Å². The zero-order valence-corrected chi connectivity index (χ0v) is 7.28. The SMILES string of the molecule is CC(=O)Br.c1cscn1. The van der Waals surface area contributed by atoms with Crippen LogP contribution in [0.15, 0.2) is 17.1 Å². The van der Waals surface area contributed by atoms with E-state index in [1.54, 1.807) is 23.0 Å². The van der Waals surface area contributed by atoms with Crippen molar-refractivity contribution in [3.05, 3.63) is 17.1 Å². The Labute approximate surface area is 66.1 Å². The van der Waals surface area contributed by atoms with Crippen LogP contribution in [0.5, 0.6) is 0 Å². The average molecular weight is 208 g/mol. The number of hydrogen-bond donors (Lipinski definition) is 0. The summed E-state index contributed by atoms with van der Waals surface area (Å²) in [7, 11) is 0. The molecule has 0 spiro atoms. The number of carbonyl (C=O) groups is 1. The molecule has 0 aliphatic rings. The second-order valence-corrected chi connectivity index (χ2v) is 3.02. The van der Waals surface area contributed by atoms with E-state index in [1.807, 2.05) is 5.38 Å². The van der Waals surface area contributed by atoms with Gasteiger partial charge in [-0.2, -0.15) is 0 Å². The highest BCUT2D eigenvalue weighted by Gasteiger charge is 1.66. The van der Waals surface area contributed by atoms with Crippen molar-refractivity contribution >= 4 is 32.0 Å². The topological polar surface area (TPSA) is 30.0 Å². The molecule has 0 N–H and O–H groups in total. The summed E-state index contributed by atoms with van der Waals surface area (Å²) in [6.45, 7) is 1.44. The third-order valence-corrected chi connectivity index (χ3v) is 0.869. The summed E-state index contributed by atoms with van der Waals surface area (Å²) < 4.78 is -0.0208. The first-order chi connectivity index (χ1) is 4.23. The lowest BCUT2D eigenvalue weighted by Crippen LogP contribution is -1.60. The molecule has 1 rings (SSSR count). The molecule has 1 aromatic heterocycles. The van der Waals surface area contributed by atoms with Crippen molar-refractivity contribution in [2.24, 2.45) is 0 Å². The fourth-order valence-corrected chi connectivity index (χ4v) is 0.527. The lowest BCUT2D eigenvalue weighted by atomic mass is 11.0. The van der Waals surface area contributed by atoms with Gasteiger partial charge in [0.2, 0.25) is 0 Å². The number of nitrogens with zero attached hydrogens (tertiary/aromatic N) is 1. The van der Waals surface area contributed by atoms with Crippen molar-refractivity contribution in [3.63, 3.8) is 0 Å². The van der Waals surface area contributed by atoms with Gasteiger partial charge in [-0.1, -0.05) is 0 Å². The molecule has 0 atom stereocenters. The first-order valence-electron chi connectivity index (χ1n) is 2.21. The standard InChI is InChI=1S/C3H3NS.C2H3BrO/c1-2-5-3-4-1;1-2(3)4/h1-3H;1H3. The van der Waals surface area contributed by atoms with Crippen LogP contribution in [-0.4, -0.2) is 9.68 Å². The Morgan fingerprint density at radius 3 is 2.44 bits per heavy atom.